The molecule has 0 aromatic heterocycles. The molecule has 1 aromatic carbocycles. The molecule has 1 heterocycles. The molecule has 2 rings (SSSR count). The molecular formula is C19H27N3O3. The van der Waals surface area contributed by atoms with Crippen LogP contribution in [-0.2, 0) is 20.9 Å². The fraction of sp³-hybridized carbons (Fsp3) is 0.526. The minimum atomic E-state index is -0.411. The standard InChI is InChI=1S/C19H27N3O3/c1-14(19(20)25)9-10-18(24)22(13-15-6-3-2-4-7-15)16-8-5-11-21-12-17(16)23/h2-4,6-7,14,16,21H,5,8-13H2,1H3,(H2,20,25)/t14-,16+/m0/s1. The smallest absolute Gasteiger partial charge is 0.223 e. The Labute approximate surface area is 148 Å². The summed E-state index contributed by atoms with van der Waals surface area (Å²) in [6.45, 7) is 3.20. The van der Waals surface area contributed by atoms with E-state index in [9.17, 15) is 14.4 Å². The van der Waals surface area contributed by atoms with E-state index in [0.29, 0.717) is 25.9 Å². The van der Waals surface area contributed by atoms with Gasteiger partial charge in [-0.1, -0.05) is 37.3 Å². The van der Waals surface area contributed by atoms with E-state index in [1.54, 1.807) is 11.8 Å². The van der Waals surface area contributed by atoms with Gasteiger partial charge < -0.3 is 16.0 Å². The lowest BCUT2D eigenvalue weighted by Gasteiger charge is -2.30. The Morgan fingerprint density at radius 3 is 2.72 bits per heavy atom. The molecule has 6 nitrogen and oxygen atoms in total. The average Bonchev–Trinajstić information content (AvgIpc) is 2.82. The summed E-state index contributed by atoms with van der Waals surface area (Å²) in [5, 5.41) is 3.10. The van der Waals surface area contributed by atoms with Gasteiger partial charge in [0.05, 0.1) is 12.6 Å². The number of nitrogens with two attached hydrogens (primary N) is 1. The lowest BCUT2D eigenvalue weighted by Crippen LogP contribution is -2.46. The van der Waals surface area contributed by atoms with Crippen LogP contribution in [0.15, 0.2) is 30.3 Å². The molecule has 25 heavy (non-hydrogen) atoms. The highest BCUT2D eigenvalue weighted by Crippen LogP contribution is 2.18. The van der Waals surface area contributed by atoms with Crippen LogP contribution in [0.1, 0.15) is 38.2 Å². The number of nitrogens with zero attached hydrogens (tertiary/aromatic N) is 1. The van der Waals surface area contributed by atoms with Crippen LogP contribution in [0.5, 0.6) is 0 Å². The molecule has 1 saturated heterocycles. The van der Waals surface area contributed by atoms with Gasteiger partial charge in [0.15, 0.2) is 5.78 Å². The normalized spacial score (nSPS) is 19.1. The van der Waals surface area contributed by atoms with Crippen molar-refractivity contribution in [3.05, 3.63) is 35.9 Å². The van der Waals surface area contributed by atoms with Crippen LogP contribution in [-0.4, -0.2) is 41.6 Å². The number of rotatable bonds is 7. The summed E-state index contributed by atoms with van der Waals surface area (Å²) in [6.07, 6.45) is 2.13. The van der Waals surface area contributed by atoms with Crippen LogP contribution in [0.2, 0.25) is 0 Å². The van der Waals surface area contributed by atoms with Crippen molar-refractivity contribution in [1.29, 1.82) is 0 Å². The van der Waals surface area contributed by atoms with Crippen molar-refractivity contribution < 1.29 is 14.4 Å². The van der Waals surface area contributed by atoms with Crippen LogP contribution in [0.4, 0.5) is 0 Å². The van der Waals surface area contributed by atoms with Gasteiger partial charge in [0.1, 0.15) is 0 Å². The molecule has 0 saturated carbocycles. The van der Waals surface area contributed by atoms with Gasteiger partial charge in [0, 0.05) is 18.9 Å². The minimum Gasteiger partial charge on any atom is -0.369 e. The maximum atomic E-state index is 12.8. The second-order valence-electron chi connectivity index (χ2n) is 6.65. The molecule has 6 heteroatoms. The summed E-state index contributed by atoms with van der Waals surface area (Å²) in [5.41, 5.74) is 6.27. The van der Waals surface area contributed by atoms with E-state index < -0.39 is 11.9 Å². The van der Waals surface area contributed by atoms with E-state index in [2.05, 4.69) is 5.32 Å². The maximum absolute atomic E-state index is 12.8. The number of carbonyl (C=O) groups excluding carboxylic acids is 3. The van der Waals surface area contributed by atoms with E-state index >= 15 is 0 Å². The fourth-order valence-electron chi connectivity index (χ4n) is 3.02. The van der Waals surface area contributed by atoms with E-state index in [0.717, 1.165) is 18.5 Å². The highest BCUT2D eigenvalue weighted by atomic mass is 16.2. The highest BCUT2D eigenvalue weighted by molar-refractivity contribution is 5.90. The molecule has 0 aliphatic carbocycles. The van der Waals surface area contributed by atoms with Crippen molar-refractivity contribution in [2.75, 3.05) is 13.1 Å². The van der Waals surface area contributed by atoms with Gasteiger partial charge in [-0.2, -0.15) is 0 Å². The number of hydrogen-bond acceptors (Lipinski definition) is 4. The summed E-state index contributed by atoms with van der Waals surface area (Å²) in [6, 6.07) is 9.25. The third kappa shape index (κ3) is 5.67. The molecule has 136 valence electrons. The fourth-order valence-corrected chi connectivity index (χ4v) is 3.02. The summed E-state index contributed by atoms with van der Waals surface area (Å²) in [5.74, 6) is -0.812. The van der Waals surface area contributed by atoms with Crippen molar-refractivity contribution in [1.82, 2.24) is 10.2 Å². The first-order valence-electron chi connectivity index (χ1n) is 8.85. The third-order valence-electron chi connectivity index (χ3n) is 4.67. The summed E-state index contributed by atoms with van der Waals surface area (Å²) >= 11 is 0. The van der Waals surface area contributed by atoms with Crippen molar-refractivity contribution in [3.63, 3.8) is 0 Å². The molecule has 1 aliphatic heterocycles. The Hall–Kier alpha value is -2.21. The number of ketones is 1. The third-order valence-corrected chi connectivity index (χ3v) is 4.67. The van der Waals surface area contributed by atoms with E-state index in [-0.39, 0.29) is 24.0 Å². The Morgan fingerprint density at radius 2 is 2.04 bits per heavy atom. The average molecular weight is 345 g/mol. The quantitative estimate of drug-likeness (QED) is 0.777. The van der Waals surface area contributed by atoms with Gasteiger partial charge in [-0.05, 0) is 31.4 Å². The molecule has 1 aliphatic rings. The van der Waals surface area contributed by atoms with E-state index in [1.165, 1.54) is 0 Å². The monoisotopic (exact) mass is 345 g/mol. The number of carbonyl (C=O) groups is 3. The zero-order chi connectivity index (χ0) is 18.2. The van der Waals surface area contributed by atoms with Gasteiger partial charge in [-0.3, -0.25) is 14.4 Å². The van der Waals surface area contributed by atoms with Crippen LogP contribution in [0.3, 0.4) is 0 Å². The Kier molecular flexibility index (Phi) is 7.13. The number of benzene rings is 1. The highest BCUT2D eigenvalue weighted by Gasteiger charge is 2.30. The van der Waals surface area contributed by atoms with Gasteiger partial charge >= 0.3 is 0 Å². The first-order valence-corrected chi connectivity index (χ1v) is 8.85. The number of hydrogen-bond donors (Lipinski definition) is 2. The molecule has 0 radical (unpaired) electrons. The van der Waals surface area contributed by atoms with Gasteiger partial charge in [0.2, 0.25) is 11.8 Å². The van der Waals surface area contributed by atoms with Gasteiger partial charge in [-0.25, -0.2) is 0 Å². The molecule has 2 amide bonds. The van der Waals surface area contributed by atoms with E-state index in [1.807, 2.05) is 30.3 Å². The molecular weight excluding hydrogens is 318 g/mol. The van der Waals surface area contributed by atoms with Crippen LogP contribution in [0, 0.1) is 5.92 Å². The number of amides is 2. The van der Waals surface area contributed by atoms with Crippen molar-refractivity contribution in [2.45, 2.75) is 45.2 Å². The second kappa shape index (κ2) is 9.32. The lowest BCUT2D eigenvalue weighted by atomic mass is 10.0. The molecule has 0 spiro atoms. The zero-order valence-electron chi connectivity index (χ0n) is 14.7. The Balaban J connectivity index is 2.14. The van der Waals surface area contributed by atoms with Crippen LogP contribution < -0.4 is 11.1 Å². The first-order chi connectivity index (χ1) is 12.0. The molecule has 1 aromatic rings. The zero-order valence-corrected chi connectivity index (χ0v) is 14.7. The van der Waals surface area contributed by atoms with Crippen molar-refractivity contribution in [2.24, 2.45) is 11.7 Å². The number of Topliss-reactive ketones (excluding diaryl/α,β-unsaturated/α-hetero) is 1. The van der Waals surface area contributed by atoms with E-state index in [4.69, 9.17) is 5.73 Å². The second-order valence-corrected chi connectivity index (χ2v) is 6.65. The molecule has 2 atom stereocenters. The summed E-state index contributed by atoms with van der Waals surface area (Å²) < 4.78 is 0. The number of primary amides is 1. The predicted molar refractivity (Wildman–Crippen MR) is 95.5 cm³/mol. The van der Waals surface area contributed by atoms with Crippen molar-refractivity contribution >= 4 is 17.6 Å². The maximum Gasteiger partial charge on any atom is 0.223 e. The first kappa shape index (κ1) is 19.1. The number of nitrogens with one attached hydrogen (secondary N) is 1. The summed E-state index contributed by atoms with van der Waals surface area (Å²) in [7, 11) is 0. The van der Waals surface area contributed by atoms with Crippen LogP contribution in [0.25, 0.3) is 0 Å². The van der Waals surface area contributed by atoms with Gasteiger partial charge in [-0.15, -0.1) is 0 Å². The Bertz CT molecular complexity index is 603. The van der Waals surface area contributed by atoms with Gasteiger partial charge in [0.25, 0.3) is 0 Å². The lowest BCUT2D eigenvalue weighted by molar-refractivity contribution is -0.140. The minimum absolute atomic E-state index is 0.0460. The Morgan fingerprint density at radius 1 is 1.32 bits per heavy atom. The largest absolute Gasteiger partial charge is 0.369 e. The SMILES string of the molecule is C[C@@H](CCC(=O)N(Cc1ccccc1)[C@@H]1CCCNCC1=O)C(N)=O. The molecule has 1 fully saturated rings. The summed E-state index contributed by atoms with van der Waals surface area (Å²) in [4.78, 5) is 38.2. The van der Waals surface area contributed by atoms with Crippen LogP contribution >= 0.6 is 0 Å². The van der Waals surface area contributed by atoms with Crippen molar-refractivity contribution in [3.8, 4) is 0 Å². The predicted octanol–water partition coefficient (Wildman–Crippen LogP) is 1.24. The molecule has 0 bridgehead atoms. The molecule has 0 unspecified atom stereocenters. The topological polar surface area (TPSA) is 92.5 Å². The molecule has 3 N–H and O–H groups in total.